The van der Waals surface area contributed by atoms with Crippen LogP contribution in [0, 0.1) is 6.92 Å². The summed E-state index contributed by atoms with van der Waals surface area (Å²) in [4.78, 5) is 17.4. The zero-order valence-electron chi connectivity index (χ0n) is 16.9. The van der Waals surface area contributed by atoms with Gasteiger partial charge in [0.2, 0.25) is 31.8 Å². The van der Waals surface area contributed by atoms with Gasteiger partial charge in [0.15, 0.2) is 0 Å². The number of hydrogen-bond donors (Lipinski definition) is 1. The van der Waals surface area contributed by atoms with E-state index in [1.54, 1.807) is 24.3 Å². The van der Waals surface area contributed by atoms with Gasteiger partial charge in [0.25, 0.3) is 0 Å². The van der Waals surface area contributed by atoms with Gasteiger partial charge in [-0.25, -0.2) is 8.42 Å². The number of aromatic nitrogens is 1. The molecule has 1 amide bonds. The van der Waals surface area contributed by atoms with Crippen LogP contribution in [-0.2, 0) is 19.4 Å². The zero-order valence-corrected chi connectivity index (χ0v) is 19.3. The smallest absolute Gasteiger partial charge is 0.238 e. The molecule has 7 nitrogen and oxygen atoms in total. The van der Waals surface area contributed by atoms with Crippen LogP contribution >= 0.6 is 23.1 Å². The first-order valence-corrected chi connectivity index (χ1v) is 13.2. The van der Waals surface area contributed by atoms with E-state index in [2.05, 4.69) is 10.3 Å². The molecule has 0 saturated carbocycles. The molecular weight excluding hydrogens is 456 g/mol. The molecule has 4 rings (SSSR count). The van der Waals surface area contributed by atoms with Crippen molar-refractivity contribution >= 4 is 38.8 Å². The standard InChI is InChI=1S/C21H22N2O5S3/c1-14-6-8-16(9-7-14)31(25,26)20-21(28-19(23-20)17-5-3-11-29-17)30-13-18(24)22-12-15-4-2-10-27-15/h3,5-9,11,15H,2,4,10,12-13H2,1H3,(H,22,24). The molecular formula is C21H22N2O5S3. The minimum atomic E-state index is -3.90. The molecule has 0 spiro atoms. The van der Waals surface area contributed by atoms with Gasteiger partial charge in [-0.3, -0.25) is 4.79 Å². The van der Waals surface area contributed by atoms with E-state index in [4.69, 9.17) is 9.15 Å². The molecule has 1 atom stereocenters. The van der Waals surface area contributed by atoms with Crippen molar-refractivity contribution in [2.45, 2.75) is 40.9 Å². The fourth-order valence-corrected chi connectivity index (χ4v) is 6.11. The Labute approximate surface area is 189 Å². The van der Waals surface area contributed by atoms with Gasteiger partial charge in [0.05, 0.1) is 21.6 Å². The Balaban J connectivity index is 1.55. The third-order valence-electron chi connectivity index (χ3n) is 4.77. The predicted molar refractivity (Wildman–Crippen MR) is 119 cm³/mol. The largest absolute Gasteiger partial charge is 0.428 e. The summed E-state index contributed by atoms with van der Waals surface area (Å²) in [6.45, 7) is 3.06. The highest BCUT2D eigenvalue weighted by Gasteiger charge is 2.29. The highest BCUT2D eigenvalue weighted by atomic mass is 32.2. The Morgan fingerprint density at radius 3 is 2.77 bits per heavy atom. The van der Waals surface area contributed by atoms with Crippen molar-refractivity contribution in [3.05, 3.63) is 47.3 Å². The lowest BCUT2D eigenvalue weighted by molar-refractivity contribution is -0.119. The van der Waals surface area contributed by atoms with Crippen LogP contribution in [0.1, 0.15) is 18.4 Å². The van der Waals surface area contributed by atoms with E-state index in [1.807, 2.05) is 24.4 Å². The number of thioether (sulfide) groups is 1. The lowest BCUT2D eigenvalue weighted by Gasteiger charge is -2.10. The molecule has 164 valence electrons. The van der Waals surface area contributed by atoms with Crippen LogP contribution in [0.15, 0.2) is 61.2 Å². The van der Waals surface area contributed by atoms with Crippen LogP contribution in [0.3, 0.4) is 0 Å². The average molecular weight is 479 g/mol. The van der Waals surface area contributed by atoms with Gasteiger partial charge >= 0.3 is 0 Å². The second-order valence-corrected chi connectivity index (χ2v) is 10.9. The van der Waals surface area contributed by atoms with E-state index >= 15 is 0 Å². The molecule has 1 aliphatic heterocycles. The Bertz CT molecular complexity index is 1130. The first-order chi connectivity index (χ1) is 14.9. The molecule has 2 aromatic heterocycles. The Kier molecular flexibility index (Phi) is 6.80. The summed E-state index contributed by atoms with van der Waals surface area (Å²) < 4.78 is 37.8. The number of carbonyl (C=O) groups is 1. The van der Waals surface area contributed by atoms with Gasteiger partial charge < -0.3 is 14.5 Å². The Hall–Kier alpha value is -2.14. The summed E-state index contributed by atoms with van der Waals surface area (Å²) in [5.41, 5.74) is 0.955. The Morgan fingerprint density at radius 1 is 1.29 bits per heavy atom. The maximum Gasteiger partial charge on any atom is 0.238 e. The molecule has 0 bridgehead atoms. The first kappa shape index (κ1) is 22.1. The fourth-order valence-electron chi connectivity index (χ4n) is 3.10. The van der Waals surface area contributed by atoms with Crippen molar-refractivity contribution in [1.82, 2.24) is 10.3 Å². The average Bonchev–Trinajstić information content (AvgIpc) is 3.52. The number of benzene rings is 1. The number of oxazole rings is 1. The highest BCUT2D eigenvalue weighted by Crippen LogP contribution is 2.36. The second-order valence-electron chi connectivity index (χ2n) is 7.13. The van der Waals surface area contributed by atoms with E-state index in [0.717, 1.165) is 41.7 Å². The van der Waals surface area contributed by atoms with Gasteiger partial charge in [0.1, 0.15) is 0 Å². The topological polar surface area (TPSA) is 98.5 Å². The van der Waals surface area contributed by atoms with Gasteiger partial charge in [-0.2, -0.15) is 4.98 Å². The van der Waals surface area contributed by atoms with Crippen molar-refractivity contribution in [2.75, 3.05) is 18.9 Å². The minimum Gasteiger partial charge on any atom is -0.428 e. The quantitative estimate of drug-likeness (QED) is 0.490. The third-order valence-corrected chi connectivity index (χ3v) is 8.38. The van der Waals surface area contributed by atoms with Crippen molar-refractivity contribution in [3.63, 3.8) is 0 Å². The van der Waals surface area contributed by atoms with Gasteiger partial charge in [-0.05, 0) is 43.3 Å². The summed E-state index contributed by atoms with van der Waals surface area (Å²) in [5, 5.41) is 4.63. The molecule has 1 unspecified atom stereocenters. The number of amides is 1. The van der Waals surface area contributed by atoms with Crippen LogP contribution in [0.5, 0.6) is 0 Å². The van der Waals surface area contributed by atoms with E-state index < -0.39 is 9.84 Å². The van der Waals surface area contributed by atoms with Gasteiger partial charge in [-0.15, -0.1) is 11.3 Å². The van der Waals surface area contributed by atoms with Crippen LogP contribution in [0.4, 0.5) is 0 Å². The summed E-state index contributed by atoms with van der Waals surface area (Å²) in [6, 6.07) is 10.2. The number of aryl methyl sites for hydroxylation is 1. The summed E-state index contributed by atoms with van der Waals surface area (Å²) in [6.07, 6.45) is 1.97. The number of nitrogens with one attached hydrogen (secondary N) is 1. The molecule has 1 N–H and O–H groups in total. The number of rotatable bonds is 8. The van der Waals surface area contributed by atoms with E-state index in [-0.39, 0.29) is 38.7 Å². The number of nitrogens with zero attached hydrogens (tertiary/aromatic N) is 1. The van der Waals surface area contributed by atoms with Crippen molar-refractivity contribution in [2.24, 2.45) is 0 Å². The number of sulfone groups is 1. The number of carbonyl (C=O) groups excluding carboxylic acids is 1. The van der Waals surface area contributed by atoms with Crippen molar-refractivity contribution in [1.29, 1.82) is 0 Å². The van der Waals surface area contributed by atoms with E-state index in [9.17, 15) is 13.2 Å². The molecule has 0 aliphatic carbocycles. The minimum absolute atomic E-state index is 0.0161. The molecule has 1 saturated heterocycles. The molecule has 1 aromatic carbocycles. The van der Waals surface area contributed by atoms with Crippen molar-refractivity contribution in [3.8, 4) is 10.8 Å². The number of hydrogen-bond acceptors (Lipinski definition) is 8. The maximum atomic E-state index is 13.2. The summed E-state index contributed by atoms with van der Waals surface area (Å²) in [7, 11) is -3.90. The van der Waals surface area contributed by atoms with E-state index in [0.29, 0.717) is 6.54 Å². The van der Waals surface area contributed by atoms with Crippen LogP contribution < -0.4 is 5.32 Å². The maximum absolute atomic E-state index is 13.2. The van der Waals surface area contributed by atoms with Crippen LogP contribution in [-0.4, -0.2) is 44.3 Å². The molecule has 0 radical (unpaired) electrons. The summed E-state index contributed by atoms with van der Waals surface area (Å²) in [5.74, 6) is 0.0265. The fraction of sp³-hybridized carbons (Fsp3) is 0.333. The normalized spacial score (nSPS) is 16.5. The molecule has 1 aliphatic rings. The molecule has 3 aromatic rings. The number of thiophene rings is 1. The molecule has 31 heavy (non-hydrogen) atoms. The zero-order chi connectivity index (χ0) is 21.8. The second kappa shape index (κ2) is 9.56. The van der Waals surface area contributed by atoms with E-state index in [1.165, 1.54) is 11.3 Å². The number of ether oxygens (including phenoxy) is 1. The van der Waals surface area contributed by atoms with Crippen molar-refractivity contribution < 1.29 is 22.4 Å². The van der Waals surface area contributed by atoms with Crippen LogP contribution in [0.25, 0.3) is 10.8 Å². The molecule has 1 fully saturated rings. The summed E-state index contributed by atoms with van der Waals surface area (Å²) >= 11 is 2.42. The third kappa shape index (κ3) is 5.20. The lowest BCUT2D eigenvalue weighted by atomic mass is 10.2. The highest BCUT2D eigenvalue weighted by molar-refractivity contribution is 8.00. The molecule has 3 heterocycles. The molecule has 10 heteroatoms. The van der Waals surface area contributed by atoms with Gasteiger partial charge in [-0.1, -0.05) is 35.5 Å². The lowest BCUT2D eigenvalue weighted by Crippen LogP contribution is -2.32. The first-order valence-electron chi connectivity index (χ1n) is 9.81. The Morgan fingerprint density at radius 2 is 2.10 bits per heavy atom. The SMILES string of the molecule is Cc1ccc(S(=O)(=O)c2nc(-c3cccs3)oc2SCC(=O)NCC2CCCO2)cc1. The monoisotopic (exact) mass is 478 g/mol. The van der Waals surface area contributed by atoms with Crippen LogP contribution in [0.2, 0.25) is 0 Å². The van der Waals surface area contributed by atoms with Gasteiger partial charge in [0, 0.05) is 13.2 Å². The predicted octanol–water partition coefficient (Wildman–Crippen LogP) is 3.93.